The van der Waals surface area contributed by atoms with Crippen LogP contribution in [0.4, 0.5) is 0 Å². The highest BCUT2D eigenvalue weighted by Crippen LogP contribution is 2.27. The SMILES string of the molecule is Cc1cc(C#CC2CC2)cnc1/C(C=NCC1CCOCC1)=N/N. The number of pyridine rings is 1. The summed E-state index contributed by atoms with van der Waals surface area (Å²) in [5, 5.41) is 3.86. The summed E-state index contributed by atoms with van der Waals surface area (Å²) in [5.74, 6) is 13.2. The molecule has 2 heterocycles. The summed E-state index contributed by atoms with van der Waals surface area (Å²) in [6.45, 7) is 4.46. The highest BCUT2D eigenvalue weighted by molar-refractivity contribution is 6.37. The summed E-state index contributed by atoms with van der Waals surface area (Å²) in [4.78, 5) is 9.00. The fraction of sp³-hybridized carbons (Fsp3) is 0.526. The maximum Gasteiger partial charge on any atom is 0.126 e. The first-order valence-corrected chi connectivity index (χ1v) is 8.60. The first kappa shape index (κ1) is 16.7. The number of hydrogen-bond donors (Lipinski definition) is 1. The van der Waals surface area contributed by atoms with Gasteiger partial charge in [-0.25, -0.2) is 0 Å². The standard InChI is InChI=1S/C19H24N4O/c1-14-10-17(5-4-15-2-3-15)12-22-19(14)18(23-20)13-21-11-16-6-8-24-9-7-16/h10,12-13,15-16H,2-3,6-9,11,20H2,1H3/b21-13?,23-18+. The van der Waals surface area contributed by atoms with Crippen LogP contribution in [0.5, 0.6) is 0 Å². The number of aryl methyl sites for hydroxylation is 1. The molecule has 1 aromatic rings. The average Bonchev–Trinajstić information content (AvgIpc) is 3.43. The molecular weight excluding hydrogens is 300 g/mol. The van der Waals surface area contributed by atoms with Crippen LogP contribution in [0.15, 0.2) is 22.4 Å². The van der Waals surface area contributed by atoms with Gasteiger partial charge in [0.05, 0.1) is 11.9 Å². The van der Waals surface area contributed by atoms with Gasteiger partial charge in [0.1, 0.15) is 5.71 Å². The predicted molar refractivity (Wildman–Crippen MR) is 96.2 cm³/mol. The van der Waals surface area contributed by atoms with E-state index in [9.17, 15) is 0 Å². The van der Waals surface area contributed by atoms with E-state index in [1.54, 1.807) is 12.4 Å². The molecule has 0 amide bonds. The van der Waals surface area contributed by atoms with Crippen LogP contribution in [-0.4, -0.2) is 36.7 Å². The Bertz CT molecular complexity index is 689. The molecule has 0 radical (unpaired) electrons. The third kappa shape index (κ3) is 4.65. The topological polar surface area (TPSA) is 72.9 Å². The van der Waals surface area contributed by atoms with Crippen molar-refractivity contribution in [3.63, 3.8) is 0 Å². The molecule has 1 aliphatic carbocycles. The Kier molecular flexibility index (Phi) is 5.60. The molecule has 1 aromatic heterocycles. The zero-order valence-electron chi connectivity index (χ0n) is 14.2. The highest BCUT2D eigenvalue weighted by Gasteiger charge is 2.18. The van der Waals surface area contributed by atoms with E-state index in [1.807, 2.05) is 13.0 Å². The lowest BCUT2D eigenvalue weighted by atomic mass is 10.0. The van der Waals surface area contributed by atoms with Crippen LogP contribution in [0, 0.1) is 30.6 Å². The van der Waals surface area contributed by atoms with Crippen LogP contribution in [-0.2, 0) is 4.74 Å². The summed E-state index contributed by atoms with van der Waals surface area (Å²) in [6, 6.07) is 2.04. The Morgan fingerprint density at radius 1 is 1.38 bits per heavy atom. The molecule has 0 atom stereocenters. The zero-order valence-corrected chi connectivity index (χ0v) is 14.2. The van der Waals surface area contributed by atoms with E-state index in [2.05, 4.69) is 26.9 Å². The summed E-state index contributed by atoms with van der Waals surface area (Å²) in [6.07, 6.45) is 8.11. The van der Waals surface area contributed by atoms with Crippen molar-refractivity contribution in [2.75, 3.05) is 19.8 Å². The van der Waals surface area contributed by atoms with Gasteiger partial charge in [-0.1, -0.05) is 11.8 Å². The molecule has 1 saturated heterocycles. The minimum absolute atomic E-state index is 0.586. The van der Waals surface area contributed by atoms with Gasteiger partial charge >= 0.3 is 0 Å². The number of hydrazone groups is 1. The van der Waals surface area contributed by atoms with Crippen molar-refractivity contribution < 1.29 is 4.74 Å². The molecular formula is C19H24N4O. The van der Waals surface area contributed by atoms with Crippen molar-refractivity contribution in [3.8, 4) is 11.8 Å². The molecule has 3 rings (SSSR count). The summed E-state index contributed by atoms with van der Waals surface area (Å²) >= 11 is 0. The van der Waals surface area contributed by atoms with E-state index in [4.69, 9.17) is 10.6 Å². The van der Waals surface area contributed by atoms with E-state index < -0.39 is 0 Å². The lowest BCUT2D eigenvalue weighted by Gasteiger charge is -2.19. The van der Waals surface area contributed by atoms with Crippen molar-refractivity contribution in [2.24, 2.45) is 27.8 Å². The molecule has 2 fully saturated rings. The fourth-order valence-corrected chi connectivity index (χ4v) is 2.70. The van der Waals surface area contributed by atoms with Crippen molar-refractivity contribution >= 4 is 11.9 Å². The number of ether oxygens (including phenoxy) is 1. The van der Waals surface area contributed by atoms with Crippen LogP contribution in [0.2, 0.25) is 0 Å². The third-order valence-electron chi connectivity index (χ3n) is 4.38. The molecule has 0 spiro atoms. The van der Waals surface area contributed by atoms with E-state index >= 15 is 0 Å². The van der Waals surface area contributed by atoms with E-state index in [-0.39, 0.29) is 0 Å². The minimum Gasteiger partial charge on any atom is -0.381 e. The molecule has 0 aromatic carbocycles. The molecule has 2 N–H and O–H groups in total. The smallest absolute Gasteiger partial charge is 0.126 e. The number of rotatable bonds is 4. The van der Waals surface area contributed by atoms with Crippen LogP contribution in [0.25, 0.3) is 0 Å². The number of hydrogen-bond acceptors (Lipinski definition) is 5. The Hall–Kier alpha value is -2.19. The molecule has 1 aliphatic heterocycles. The molecule has 126 valence electrons. The second kappa shape index (κ2) is 8.07. The van der Waals surface area contributed by atoms with Crippen LogP contribution in [0.1, 0.15) is 42.5 Å². The molecule has 0 unspecified atom stereocenters. The summed E-state index contributed by atoms with van der Waals surface area (Å²) in [7, 11) is 0. The Morgan fingerprint density at radius 2 is 2.17 bits per heavy atom. The average molecular weight is 324 g/mol. The number of nitrogens with two attached hydrogens (primary N) is 1. The van der Waals surface area contributed by atoms with Crippen LogP contribution < -0.4 is 5.84 Å². The maximum atomic E-state index is 5.55. The predicted octanol–water partition coefficient (Wildman–Crippen LogP) is 2.31. The Morgan fingerprint density at radius 3 is 2.83 bits per heavy atom. The largest absolute Gasteiger partial charge is 0.381 e. The number of aliphatic imine (C=N–C) groups is 1. The molecule has 24 heavy (non-hydrogen) atoms. The first-order chi connectivity index (χ1) is 11.8. The normalized spacial score (nSPS) is 19.3. The van der Waals surface area contributed by atoms with Crippen molar-refractivity contribution in [1.29, 1.82) is 0 Å². The number of aromatic nitrogens is 1. The maximum absolute atomic E-state index is 5.55. The van der Waals surface area contributed by atoms with Gasteiger partial charge in [0, 0.05) is 37.4 Å². The van der Waals surface area contributed by atoms with Gasteiger partial charge in [0.2, 0.25) is 0 Å². The number of nitrogens with zero attached hydrogens (tertiary/aromatic N) is 3. The van der Waals surface area contributed by atoms with Gasteiger partial charge in [-0.2, -0.15) is 5.10 Å². The highest BCUT2D eigenvalue weighted by atomic mass is 16.5. The lowest BCUT2D eigenvalue weighted by molar-refractivity contribution is 0.0690. The van der Waals surface area contributed by atoms with E-state index in [0.29, 0.717) is 17.5 Å². The lowest BCUT2D eigenvalue weighted by Crippen LogP contribution is -2.18. The van der Waals surface area contributed by atoms with Gasteiger partial charge < -0.3 is 10.6 Å². The minimum atomic E-state index is 0.586. The second-order valence-electron chi connectivity index (χ2n) is 6.50. The van der Waals surface area contributed by atoms with Crippen LogP contribution in [0.3, 0.4) is 0 Å². The fourth-order valence-electron chi connectivity index (χ4n) is 2.70. The van der Waals surface area contributed by atoms with Gasteiger partial charge in [-0.3, -0.25) is 9.98 Å². The third-order valence-corrected chi connectivity index (χ3v) is 4.38. The summed E-state index contributed by atoms with van der Waals surface area (Å²) < 4.78 is 5.37. The van der Waals surface area contributed by atoms with Crippen LogP contribution >= 0.6 is 0 Å². The Balaban J connectivity index is 1.65. The summed E-state index contributed by atoms with van der Waals surface area (Å²) in [5.41, 5.74) is 3.34. The van der Waals surface area contributed by atoms with Crippen molar-refractivity contribution in [1.82, 2.24) is 4.98 Å². The molecule has 5 nitrogen and oxygen atoms in total. The van der Waals surface area contributed by atoms with E-state index in [0.717, 1.165) is 49.4 Å². The monoisotopic (exact) mass is 324 g/mol. The Labute approximate surface area is 143 Å². The van der Waals surface area contributed by atoms with Gasteiger partial charge in [-0.15, -0.1) is 0 Å². The molecule has 2 aliphatic rings. The van der Waals surface area contributed by atoms with Gasteiger partial charge in [0.25, 0.3) is 0 Å². The molecule has 1 saturated carbocycles. The zero-order chi connectivity index (χ0) is 16.8. The van der Waals surface area contributed by atoms with Gasteiger partial charge in [0.15, 0.2) is 0 Å². The quantitative estimate of drug-likeness (QED) is 0.400. The molecule has 5 heteroatoms. The van der Waals surface area contributed by atoms with Gasteiger partial charge in [-0.05, 0) is 50.2 Å². The van der Waals surface area contributed by atoms with Crippen molar-refractivity contribution in [2.45, 2.75) is 32.6 Å². The molecule has 0 bridgehead atoms. The van der Waals surface area contributed by atoms with Crippen molar-refractivity contribution in [3.05, 3.63) is 29.1 Å². The first-order valence-electron chi connectivity index (χ1n) is 8.60. The second-order valence-corrected chi connectivity index (χ2v) is 6.50. The van der Waals surface area contributed by atoms with E-state index in [1.165, 1.54) is 12.8 Å².